The van der Waals surface area contributed by atoms with Crippen LogP contribution in [0.1, 0.15) is 66.4 Å². The van der Waals surface area contributed by atoms with E-state index in [4.69, 9.17) is 4.42 Å². The number of carbonyl (C=O) groups excluding carboxylic acids is 1. The summed E-state index contributed by atoms with van der Waals surface area (Å²) in [7, 11) is 0. The van der Waals surface area contributed by atoms with Crippen LogP contribution in [0.25, 0.3) is 22.3 Å². The van der Waals surface area contributed by atoms with Crippen molar-refractivity contribution in [1.29, 1.82) is 0 Å². The summed E-state index contributed by atoms with van der Waals surface area (Å²) in [5.74, 6) is -6.99. The zero-order valence-corrected chi connectivity index (χ0v) is 27.7. The first kappa shape index (κ1) is 34.5. The van der Waals surface area contributed by atoms with Crippen molar-refractivity contribution in [2.75, 3.05) is 0 Å². The molecule has 11 nitrogen and oxygen atoms in total. The third kappa shape index (κ3) is 6.65. The molecular formula is C40H36O11. The van der Waals surface area contributed by atoms with Gasteiger partial charge in [-0.05, 0) is 69.0 Å². The standard InChI is InChI=1S/C40H36O11/c1-19(2)4-3-5-20-12-27(24-9-6-21(41)14-29(24)44)36(39(49)26-11-8-23(43)16-31(26)46)28(13-20)37-32(47)18-35-38(40(37)50)33(48)17-34(51-35)25-10-7-22(42)15-30(25)45/h4,6-11,13-18,27-28,36,41-47,50H,3,5,12H2,1-2H3. The smallest absolute Gasteiger partial charge is 0.197 e. The highest BCUT2D eigenvalue weighted by atomic mass is 16.3. The molecule has 0 spiro atoms. The highest BCUT2D eigenvalue weighted by molar-refractivity contribution is 6.02. The summed E-state index contributed by atoms with van der Waals surface area (Å²) in [4.78, 5) is 28.2. The number of phenolic OH excluding ortho intramolecular Hbond substituents is 8. The van der Waals surface area contributed by atoms with Crippen LogP contribution in [-0.4, -0.2) is 46.6 Å². The van der Waals surface area contributed by atoms with Crippen molar-refractivity contribution >= 4 is 16.8 Å². The first-order valence-corrected chi connectivity index (χ1v) is 16.2. The Morgan fingerprint density at radius 2 is 1.43 bits per heavy atom. The fourth-order valence-corrected chi connectivity index (χ4v) is 6.98. The summed E-state index contributed by atoms with van der Waals surface area (Å²) in [6.45, 7) is 3.92. The van der Waals surface area contributed by atoms with Crippen LogP contribution in [0.15, 0.2) is 99.2 Å². The second-order valence-corrected chi connectivity index (χ2v) is 13.0. The molecule has 0 aliphatic heterocycles. The van der Waals surface area contributed by atoms with Crippen molar-refractivity contribution in [3.8, 4) is 57.3 Å². The Labute approximate surface area is 291 Å². The van der Waals surface area contributed by atoms with Gasteiger partial charge in [0.05, 0.1) is 11.1 Å². The first-order valence-electron chi connectivity index (χ1n) is 16.2. The maximum atomic E-state index is 14.6. The number of hydrogen-bond donors (Lipinski definition) is 8. The first-order chi connectivity index (χ1) is 24.2. The van der Waals surface area contributed by atoms with E-state index in [2.05, 4.69) is 0 Å². The average Bonchev–Trinajstić information content (AvgIpc) is 3.04. The summed E-state index contributed by atoms with van der Waals surface area (Å²) in [6.07, 6.45) is 5.17. The zero-order chi connectivity index (χ0) is 36.7. The number of rotatable bonds is 8. The number of allylic oxidation sites excluding steroid dienone is 4. The second-order valence-electron chi connectivity index (χ2n) is 13.0. The van der Waals surface area contributed by atoms with Gasteiger partial charge in [0.1, 0.15) is 62.7 Å². The minimum absolute atomic E-state index is 0.0713. The zero-order valence-electron chi connectivity index (χ0n) is 27.7. The molecule has 3 atom stereocenters. The second kappa shape index (κ2) is 13.5. The molecule has 1 heterocycles. The fourth-order valence-electron chi connectivity index (χ4n) is 6.98. The molecule has 11 heteroatoms. The van der Waals surface area contributed by atoms with Crippen molar-refractivity contribution in [3.63, 3.8) is 0 Å². The molecule has 4 aromatic carbocycles. The van der Waals surface area contributed by atoms with Crippen LogP contribution in [0.3, 0.4) is 0 Å². The number of fused-ring (bicyclic) bond motifs is 1. The lowest BCUT2D eigenvalue weighted by atomic mass is 9.64. The maximum absolute atomic E-state index is 14.6. The average molecular weight is 693 g/mol. The lowest BCUT2D eigenvalue weighted by Crippen LogP contribution is -2.32. The van der Waals surface area contributed by atoms with Crippen LogP contribution >= 0.6 is 0 Å². The van der Waals surface area contributed by atoms with Crippen molar-refractivity contribution in [2.24, 2.45) is 5.92 Å². The molecule has 262 valence electrons. The molecule has 0 saturated carbocycles. The van der Waals surface area contributed by atoms with Crippen LogP contribution in [0, 0.1) is 5.92 Å². The molecule has 0 radical (unpaired) electrons. The highest BCUT2D eigenvalue weighted by Gasteiger charge is 2.44. The molecule has 1 aliphatic rings. The molecule has 0 fully saturated rings. The SMILES string of the molecule is CC(C)=CCCC1=CC(c2c(O)cc3oc(-c4ccc(O)cc4O)cc(=O)c3c2O)C(C(=O)c2ccc(O)cc2O)C(c2ccc(O)cc2O)C1. The molecule has 1 aliphatic carbocycles. The van der Waals surface area contributed by atoms with Crippen LogP contribution in [0.5, 0.6) is 46.0 Å². The summed E-state index contributed by atoms with van der Waals surface area (Å²) in [5.41, 5.74) is 0.981. The quantitative estimate of drug-likeness (QED) is 0.0588. The molecule has 0 amide bonds. The van der Waals surface area contributed by atoms with Gasteiger partial charge in [0.2, 0.25) is 0 Å². The van der Waals surface area contributed by atoms with Gasteiger partial charge in [-0.3, -0.25) is 9.59 Å². The summed E-state index contributed by atoms with van der Waals surface area (Å²) in [6, 6.07) is 13.3. The molecule has 0 bridgehead atoms. The van der Waals surface area contributed by atoms with Crippen molar-refractivity contribution < 1.29 is 50.1 Å². The third-order valence-corrected chi connectivity index (χ3v) is 9.29. The third-order valence-electron chi connectivity index (χ3n) is 9.29. The van der Waals surface area contributed by atoms with E-state index in [0.717, 1.165) is 41.5 Å². The number of Topliss-reactive ketones (excluding diaryl/α,β-unsaturated/α-hetero) is 1. The van der Waals surface area contributed by atoms with Gasteiger partial charge in [0.15, 0.2) is 11.2 Å². The van der Waals surface area contributed by atoms with Gasteiger partial charge in [0.25, 0.3) is 0 Å². The van der Waals surface area contributed by atoms with Gasteiger partial charge in [-0.2, -0.15) is 0 Å². The van der Waals surface area contributed by atoms with Gasteiger partial charge in [0, 0.05) is 53.6 Å². The normalized spacial score (nSPS) is 17.2. The number of phenols is 8. The van der Waals surface area contributed by atoms with Gasteiger partial charge >= 0.3 is 0 Å². The number of aromatic hydroxyl groups is 8. The summed E-state index contributed by atoms with van der Waals surface area (Å²) in [5, 5.41) is 85.1. The van der Waals surface area contributed by atoms with E-state index in [1.54, 1.807) is 6.08 Å². The topological polar surface area (TPSA) is 209 Å². The van der Waals surface area contributed by atoms with Crippen LogP contribution in [0.4, 0.5) is 0 Å². The molecule has 3 unspecified atom stereocenters. The van der Waals surface area contributed by atoms with E-state index >= 15 is 0 Å². The summed E-state index contributed by atoms with van der Waals surface area (Å²) < 4.78 is 5.87. The molecule has 1 aromatic heterocycles. The highest BCUT2D eigenvalue weighted by Crippen LogP contribution is 2.54. The Bertz CT molecular complexity index is 2310. The molecule has 51 heavy (non-hydrogen) atoms. The van der Waals surface area contributed by atoms with Crippen molar-refractivity contribution in [1.82, 2.24) is 0 Å². The summed E-state index contributed by atoms with van der Waals surface area (Å²) >= 11 is 0. The monoisotopic (exact) mass is 692 g/mol. The largest absolute Gasteiger partial charge is 0.508 e. The molecule has 6 rings (SSSR count). The number of carbonyl (C=O) groups is 1. The predicted octanol–water partition coefficient (Wildman–Crippen LogP) is 7.55. The van der Waals surface area contributed by atoms with Gasteiger partial charge in [-0.15, -0.1) is 0 Å². The minimum Gasteiger partial charge on any atom is -0.508 e. The van der Waals surface area contributed by atoms with Crippen LogP contribution in [-0.2, 0) is 0 Å². The Morgan fingerprint density at radius 3 is 2.08 bits per heavy atom. The predicted molar refractivity (Wildman–Crippen MR) is 189 cm³/mol. The van der Waals surface area contributed by atoms with Crippen LogP contribution < -0.4 is 5.43 Å². The van der Waals surface area contributed by atoms with E-state index in [1.807, 2.05) is 19.9 Å². The van der Waals surface area contributed by atoms with E-state index in [1.165, 1.54) is 36.4 Å². The Balaban J connectivity index is 1.60. The molecule has 5 aromatic rings. The number of benzene rings is 4. The van der Waals surface area contributed by atoms with E-state index < -0.39 is 46.2 Å². The molecular weight excluding hydrogens is 656 g/mol. The fraction of sp³-hybridized carbons (Fsp3) is 0.200. The van der Waals surface area contributed by atoms with Crippen molar-refractivity contribution in [2.45, 2.75) is 44.9 Å². The van der Waals surface area contributed by atoms with Gasteiger partial charge < -0.3 is 45.3 Å². The number of ketones is 1. The van der Waals surface area contributed by atoms with E-state index in [0.29, 0.717) is 18.4 Å². The molecule has 8 N–H and O–H groups in total. The van der Waals surface area contributed by atoms with Gasteiger partial charge in [-0.1, -0.05) is 29.4 Å². The van der Waals surface area contributed by atoms with E-state index in [-0.39, 0.29) is 68.6 Å². The van der Waals surface area contributed by atoms with Crippen molar-refractivity contribution in [3.05, 3.63) is 117 Å². The van der Waals surface area contributed by atoms with E-state index in [9.17, 15) is 50.4 Å². The van der Waals surface area contributed by atoms with Gasteiger partial charge in [-0.25, -0.2) is 0 Å². The minimum atomic E-state index is -1.21. The number of hydrogen-bond acceptors (Lipinski definition) is 11. The Kier molecular flexibility index (Phi) is 9.14. The lowest BCUT2D eigenvalue weighted by Gasteiger charge is -2.38. The van der Waals surface area contributed by atoms with Crippen LogP contribution in [0.2, 0.25) is 0 Å². The Hall–Kier alpha value is -6.36. The maximum Gasteiger partial charge on any atom is 0.197 e. The Morgan fingerprint density at radius 1 is 0.784 bits per heavy atom. The molecule has 0 saturated heterocycles. The lowest BCUT2D eigenvalue weighted by molar-refractivity contribution is 0.0876.